The number of carbonyl (C=O) groups excluding carboxylic acids is 1. The smallest absolute Gasteiger partial charge is 0.253 e. The minimum Gasteiger partial charge on any atom is -0.384 e. The van der Waals surface area contributed by atoms with Crippen LogP contribution in [0, 0.1) is 6.92 Å². The molecule has 114 valence electrons. The summed E-state index contributed by atoms with van der Waals surface area (Å²) < 4.78 is 0. The summed E-state index contributed by atoms with van der Waals surface area (Å²) in [4.78, 5) is 13.6. The number of nitrogens with two attached hydrogens (primary N) is 1. The van der Waals surface area contributed by atoms with E-state index >= 15 is 0 Å². The van der Waals surface area contributed by atoms with E-state index in [9.17, 15) is 4.79 Å². The molecule has 5 N–H and O–H groups in total. The van der Waals surface area contributed by atoms with Gasteiger partial charge in [0, 0.05) is 34.9 Å². The van der Waals surface area contributed by atoms with Crippen LogP contribution in [0.15, 0.2) is 28.8 Å². The van der Waals surface area contributed by atoms with E-state index in [1.54, 1.807) is 11.8 Å². The first kappa shape index (κ1) is 15.7. The fourth-order valence-electron chi connectivity index (χ4n) is 2.14. The van der Waals surface area contributed by atoms with Crippen molar-refractivity contribution in [1.82, 2.24) is 10.6 Å². The zero-order valence-corrected chi connectivity index (χ0v) is 13.4. The molecule has 0 radical (unpaired) electrons. The largest absolute Gasteiger partial charge is 0.384 e. The molecule has 0 fully saturated rings. The highest BCUT2D eigenvalue weighted by Crippen LogP contribution is 2.28. The van der Waals surface area contributed by atoms with Crippen molar-refractivity contribution in [2.24, 2.45) is 5.73 Å². The van der Waals surface area contributed by atoms with Crippen LogP contribution in [0.5, 0.6) is 0 Å². The van der Waals surface area contributed by atoms with Gasteiger partial charge < -0.3 is 21.7 Å². The van der Waals surface area contributed by atoms with Gasteiger partial charge in [0.25, 0.3) is 5.91 Å². The molecule has 21 heavy (non-hydrogen) atoms. The molecule has 0 saturated heterocycles. The van der Waals surface area contributed by atoms with E-state index in [4.69, 9.17) is 5.73 Å². The van der Waals surface area contributed by atoms with Gasteiger partial charge in [0.1, 0.15) is 0 Å². The SMILES string of the molecule is CC1=C(C)SC(NC(=O)c2cccc(NCCN)c2C)N1. The zero-order valence-electron chi connectivity index (χ0n) is 12.6. The second-order valence-corrected chi connectivity index (χ2v) is 6.31. The number of benzene rings is 1. The Morgan fingerprint density at radius 3 is 2.76 bits per heavy atom. The molecule has 0 bridgehead atoms. The minimum atomic E-state index is -0.0995. The summed E-state index contributed by atoms with van der Waals surface area (Å²) >= 11 is 1.62. The molecule has 5 nitrogen and oxygen atoms in total. The van der Waals surface area contributed by atoms with Crippen molar-refractivity contribution in [2.75, 3.05) is 18.4 Å². The predicted molar refractivity (Wildman–Crippen MR) is 89.1 cm³/mol. The molecule has 1 atom stereocenters. The second kappa shape index (κ2) is 6.87. The van der Waals surface area contributed by atoms with E-state index in [0.717, 1.165) is 16.9 Å². The Kier molecular flexibility index (Phi) is 5.14. The number of carbonyl (C=O) groups is 1. The zero-order chi connectivity index (χ0) is 15.4. The molecular weight excluding hydrogens is 284 g/mol. The van der Waals surface area contributed by atoms with Crippen molar-refractivity contribution in [3.05, 3.63) is 39.9 Å². The van der Waals surface area contributed by atoms with Gasteiger partial charge in [-0.15, -0.1) is 0 Å². The Balaban J connectivity index is 2.06. The van der Waals surface area contributed by atoms with Gasteiger partial charge in [-0.1, -0.05) is 17.8 Å². The lowest BCUT2D eigenvalue weighted by Gasteiger charge is -2.16. The number of rotatable bonds is 5. The molecule has 1 aliphatic heterocycles. The second-order valence-electron chi connectivity index (χ2n) is 4.99. The molecule has 0 aliphatic carbocycles. The Morgan fingerprint density at radius 2 is 2.14 bits per heavy atom. The fraction of sp³-hybridized carbons (Fsp3) is 0.400. The fourth-order valence-corrected chi connectivity index (χ4v) is 3.13. The average molecular weight is 306 g/mol. The van der Waals surface area contributed by atoms with Crippen LogP contribution in [0.25, 0.3) is 0 Å². The van der Waals surface area contributed by atoms with Crippen LogP contribution in [0.4, 0.5) is 5.69 Å². The lowest BCUT2D eigenvalue weighted by molar-refractivity contribution is 0.0947. The van der Waals surface area contributed by atoms with Crippen LogP contribution in [0.3, 0.4) is 0 Å². The van der Waals surface area contributed by atoms with E-state index in [2.05, 4.69) is 16.0 Å². The summed E-state index contributed by atoms with van der Waals surface area (Å²) in [6, 6.07) is 5.68. The van der Waals surface area contributed by atoms with Crippen LogP contribution in [-0.2, 0) is 0 Å². The van der Waals surface area contributed by atoms with Gasteiger partial charge in [0.15, 0.2) is 5.50 Å². The molecule has 0 saturated carbocycles. The van der Waals surface area contributed by atoms with E-state index in [1.165, 1.54) is 4.91 Å². The van der Waals surface area contributed by atoms with Gasteiger partial charge in [-0.25, -0.2) is 0 Å². The third-order valence-corrected chi connectivity index (χ3v) is 4.60. The van der Waals surface area contributed by atoms with Gasteiger partial charge in [-0.3, -0.25) is 4.79 Å². The van der Waals surface area contributed by atoms with E-state index < -0.39 is 0 Å². The molecule has 0 aromatic heterocycles. The van der Waals surface area contributed by atoms with Gasteiger partial charge in [0.05, 0.1) is 0 Å². The molecule has 1 aromatic rings. The lowest BCUT2D eigenvalue weighted by atomic mass is 10.1. The molecular formula is C15H22N4OS. The van der Waals surface area contributed by atoms with Gasteiger partial charge >= 0.3 is 0 Å². The average Bonchev–Trinajstić information content (AvgIpc) is 2.76. The predicted octanol–water partition coefficient (Wildman–Crippen LogP) is 1.97. The molecule has 6 heteroatoms. The van der Waals surface area contributed by atoms with Crippen molar-refractivity contribution in [3.8, 4) is 0 Å². The lowest BCUT2D eigenvalue weighted by Crippen LogP contribution is -2.39. The van der Waals surface area contributed by atoms with Crippen LogP contribution >= 0.6 is 11.8 Å². The van der Waals surface area contributed by atoms with Crippen LogP contribution in [0.1, 0.15) is 29.8 Å². The number of allylic oxidation sites excluding steroid dienone is 2. The summed E-state index contributed by atoms with van der Waals surface area (Å²) in [7, 11) is 0. The summed E-state index contributed by atoms with van der Waals surface area (Å²) in [5.74, 6) is -0.0728. The molecule has 2 rings (SSSR count). The molecule has 1 amide bonds. The first-order valence-electron chi connectivity index (χ1n) is 6.98. The number of amides is 1. The van der Waals surface area contributed by atoms with Crippen LogP contribution in [0.2, 0.25) is 0 Å². The van der Waals surface area contributed by atoms with Crippen molar-refractivity contribution in [3.63, 3.8) is 0 Å². The third kappa shape index (κ3) is 3.71. The number of hydrogen-bond acceptors (Lipinski definition) is 5. The number of anilines is 1. The maximum absolute atomic E-state index is 12.4. The van der Waals surface area contributed by atoms with Gasteiger partial charge in [-0.05, 0) is 38.5 Å². The first-order chi connectivity index (χ1) is 10.0. The molecule has 0 spiro atoms. The Labute approximate surface area is 129 Å². The molecule has 1 aromatic carbocycles. The highest BCUT2D eigenvalue weighted by molar-refractivity contribution is 8.03. The Bertz CT molecular complexity index is 557. The summed E-state index contributed by atoms with van der Waals surface area (Å²) in [6.07, 6.45) is 0. The van der Waals surface area contributed by atoms with E-state index in [0.29, 0.717) is 18.7 Å². The van der Waals surface area contributed by atoms with Gasteiger partial charge in [0.2, 0.25) is 0 Å². The van der Waals surface area contributed by atoms with Crippen molar-refractivity contribution < 1.29 is 4.79 Å². The number of nitrogens with one attached hydrogen (secondary N) is 3. The van der Waals surface area contributed by atoms with Crippen LogP contribution in [-0.4, -0.2) is 24.5 Å². The topological polar surface area (TPSA) is 79.2 Å². The quantitative estimate of drug-likeness (QED) is 0.669. The van der Waals surface area contributed by atoms with E-state index in [-0.39, 0.29) is 11.4 Å². The molecule has 1 unspecified atom stereocenters. The monoisotopic (exact) mass is 306 g/mol. The van der Waals surface area contributed by atoms with Crippen LogP contribution < -0.4 is 21.7 Å². The van der Waals surface area contributed by atoms with Crippen molar-refractivity contribution in [1.29, 1.82) is 0 Å². The Morgan fingerprint density at radius 1 is 1.38 bits per heavy atom. The summed E-state index contributed by atoms with van der Waals surface area (Å²) in [5, 5.41) is 9.48. The third-order valence-electron chi connectivity index (χ3n) is 3.47. The van der Waals surface area contributed by atoms with E-state index in [1.807, 2.05) is 39.0 Å². The summed E-state index contributed by atoms with van der Waals surface area (Å²) in [6.45, 7) is 7.24. The summed E-state index contributed by atoms with van der Waals surface area (Å²) in [5.41, 5.74) is 9.08. The first-order valence-corrected chi connectivity index (χ1v) is 7.86. The normalized spacial score (nSPS) is 17.6. The van der Waals surface area contributed by atoms with Gasteiger partial charge in [-0.2, -0.15) is 0 Å². The standard InChI is InChI=1S/C15H22N4OS/c1-9-12(5-4-6-13(9)17-8-7-16)14(20)19-15-18-10(2)11(3)21-15/h4-6,15,17-18H,7-8,16H2,1-3H3,(H,19,20). The Hall–Kier alpha value is -1.66. The van der Waals surface area contributed by atoms with Crippen molar-refractivity contribution in [2.45, 2.75) is 26.3 Å². The number of thioether (sulfide) groups is 1. The number of hydrogen-bond donors (Lipinski definition) is 4. The highest BCUT2D eigenvalue weighted by atomic mass is 32.2. The highest BCUT2D eigenvalue weighted by Gasteiger charge is 2.22. The maximum atomic E-state index is 12.4. The van der Waals surface area contributed by atoms with Crippen molar-refractivity contribution >= 4 is 23.4 Å². The maximum Gasteiger partial charge on any atom is 0.253 e. The minimum absolute atomic E-state index is 0.0728. The molecule has 1 heterocycles. The molecule has 1 aliphatic rings.